The predicted molar refractivity (Wildman–Crippen MR) is 86.1 cm³/mol. The second-order valence-corrected chi connectivity index (χ2v) is 5.12. The summed E-state index contributed by atoms with van der Waals surface area (Å²) in [5, 5.41) is 2.95. The molecule has 1 amide bonds. The van der Waals surface area contributed by atoms with Crippen molar-refractivity contribution in [2.24, 2.45) is 0 Å². The zero-order valence-electron chi connectivity index (χ0n) is 12.8. The van der Waals surface area contributed by atoms with Gasteiger partial charge in [-0.05, 0) is 44.0 Å². The number of rotatable bonds is 5. The van der Waals surface area contributed by atoms with Crippen LogP contribution in [0.5, 0.6) is 5.75 Å². The van der Waals surface area contributed by atoms with Crippen LogP contribution in [0, 0.1) is 13.8 Å². The Hall–Kier alpha value is -2.29. The van der Waals surface area contributed by atoms with E-state index in [1.807, 2.05) is 51.1 Å². The van der Waals surface area contributed by atoms with Crippen molar-refractivity contribution < 1.29 is 9.53 Å². The van der Waals surface area contributed by atoms with E-state index in [1.54, 1.807) is 6.07 Å². The van der Waals surface area contributed by atoms with Gasteiger partial charge in [-0.3, -0.25) is 4.79 Å². The van der Waals surface area contributed by atoms with Gasteiger partial charge in [-0.1, -0.05) is 36.8 Å². The first-order valence-corrected chi connectivity index (χ1v) is 7.22. The molecule has 0 aliphatic carbocycles. The number of nitrogens with one attached hydrogen (secondary N) is 1. The molecule has 0 saturated carbocycles. The van der Waals surface area contributed by atoms with E-state index in [4.69, 9.17) is 4.74 Å². The molecule has 0 aliphatic rings. The lowest BCUT2D eigenvalue weighted by Gasteiger charge is -2.12. The minimum atomic E-state index is -0.145. The largest absolute Gasteiger partial charge is 0.493 e. The number of amides is 1. The zero-order chi connectivity index (χ0) is 15.2. The standard InChI is InChI=1S/C18H21NO2/c1-4-11-21-17-8-6-5-7-15(17)18(20)19-16-10-9-13(2)12-14(16)3/h5-10,12H,4,11H2,1-3H3,(H,19,20). The summed E-state index contributed by atoms with van der Waals surface area (Å²) in [5.41, 5.74) is 3.62. The molecule has 3 nitrogen and oxygen atoms in total. The van der Waals surface area contributed by atoms with Gasteiger partial charge in [-0.25, -0.2) is 0 Å². The maximum Gasteiger partial charge on any atom is 0.259 e. The molecule has 0 fully saturated rings. The summed E-state index contributed by atoms with van der Waals surface area (Å²) in [4.78, 5) is 12.4. The Kier molecular flexibility index (Phi) is 4.99. The minimum Gasteiger partial charge on any atom is -0.493 e. The highest BCUT2D eigenvalue weighted by molar-refractivity contribution is 6.06. The Labute approximate surface area is 126 Å². The van der Waals surface area contributed by atoms with Gasteiger partial charge in [0.25, 0.3) is 5.91 Å². The van der Waals surface area contributed by atoms with Crippen LogP contribution in [0.25, 0.3) is 0 Å². The molecule has 0 heterocycles. The van der Waals surface area contributed by atoms with E-state index in [0.29, 0.717) is 17.9 Å². The van der Waals surface area contributed by atoms with E-state index < -0.39 is 0 Å². The maximum atomic E-state index is 12.4. The Balaban J connectivity index is 2.20. The maximum absolute atomic E-state index is 12.4. The molecule has 0 aliphatic heterocycles. The average Bonchev–Trinajstić information content (AvgIpc) is 2.48. The number of hydrogen-bond acceptors (Lipinski definition) is 2. The van der Waals surface area contributed by atoms with E-state index >= 15 is 0 Å². The molecule has 2 aromatic rings. The number of ether oxygens (including phenoxy) is 1. The molecule has 1 N–H and O–H groups in total. The molecule has 0 atom stereocenters. The summed E-state index contributed by atoms with van der Waals surface area (Å²) in [6.07, 6.45) is 0.910. The number of para-hydroxylation sites is 1. The topological polar surface area (TPSA) is 38.3 Å². The third-order valence-corrected chi connectivity index (χ3v) is 3.22. The van der Waals surface area contributed by atoms with Crippen molar-refractivity contribution in [2.45, 2.75) is 27.2 Å². The molecule has 0 unspecified atom stereocenters. The van der Waals surface area contributed by atoms with Gasteiger partial charge in [-0.2, -0.15) is 0 Å². The molecule has 0 radical (unpaired) electrons. The Morgan fingerprint density at radius 1 is 1.14 bits per heavy atom. The smallest absolute Gasteiger partial charge is 0.259 e. The van der Waals surface area contributed by atoms with Gasteiger partial charge in [0.2, 0.25) is 0 Å². The van der Waals surface area contributed by atoms with Crippen LogP contribution >= 0.6 is 0 Å². The van der Waals surface area contributed by atoms with E-state index in [9.17, 15) is 4.79 Å². The number of benzene rings is 2. The Bertz CT molecular complexity index is 635. The van der Waals surface area contributed by atoms with Crippen molar-refractivity contribution in [3.05, 3.63) is 59.2 Å². The molecule has 2 aromatic carbocycles. The first-order valence-electron chi connectivity index (χ1n) is 7.22. The summed E-state index contributed by atoms with van der Waals surface area (Å²) in [7, 11) is 0. The third kappa shape index (κ3) is 3.85. The van der Waals surface area contributed by atoms with E-state index in [2.05, 4.69) is 11.4 Å². The lowest BCUT2D eigenvalue weighted by molar-refractivity contribution is 0.102. The summed E-state index contributed by atoms with van der Waals surface area (Å²) >= 11 is 0. The second kappa shape index (κ2) is 6.93. The zero-order valence-corrected chi connectivity index (χ0v) is 12.8. The van der Waals surface area contributed by atoms with Gasteiger partial charge in [0.1, 0.15) is 5.75 Å². The number of aryl methyl sites for hydroxylation is 2. The summed E-state index contributed by atoms with van der Waals surface area (Å²) in [6.45, 7) is 6.67. The fourth-order valence-corrected chi connectivity index (χ4v) is 2.14. The van der Waals surface area contributed by atoms with Crippen LogP contribution in [0.15, 0.2) is 42.5 Å². The number of hydrogen-bond donors (Lipinski definition) is 1. The molecule has 0 spiro atoms. The van der Waals surface area contributed by atoms with E-state index in [-0.39, 0.29) is 5.91 Å². The van der Waals surface area contributed by atoms with Crippen LogP contribution < -0.4 is 10.1 Å². The van der Waals surface area contributed by atoms with Crippen LogP contribution in [-0.2, 0) is 0 Å². The molecular weight excluding hydrogens is 262 g/mol. The van der Waals surface area contributed by atoms with Crippen LogP contribution in [-0.4, -0.2) is 12.5 Å². The summed E-state index contributed by atoms with van der Waals surface area (Å²) in [6, 6.07) is 13.3. The van der Waals surface area contributed by atoms with Crippen LogP contribution in [0.2, 0.25) is 0 Å². The Morgan fingerprint density at radius 2 is 1.90 bits per heavy atom. The molecule has 21 heavy (non-hydrogen) atoms. The first-order chi connectivity index (χ1) is 10.1. The van der Waals surface area contributed by atoms with Crippen molar-refractivity contribution in [1.82, 2.24) is 0 Å². The van der Waals surface area contributed by atoms with Crippen molar-refractivity contribution in [2.75, 3.05) is 11.9 Å². The van der Waals surface area contributed by atoms with E-state index in [0.717, 1.165) is 17.7 Å². The summed E-state index contributed by atoms with van der Waals surface area (Å²) < 4.78 is 5.63. The normalized spacial score (nSPS) is 10.2. The van der Waals surface area contributed by atoms with Crippen molar-refractivity contribution in [3.63, 3.8) is 0 Å². The second-order valence-electron chi connectivity index (χ2n) is 5.12. The highest BCUT2D eigenvalue weighted by Gasteiger charge is 2.13. The van der Waals surface area contributed by atoms with Gasteiger partial charge in [0, 0.05) is 5.69 Å². The SMILES string of the molecule is CCCOc1ccccc1C(=O)Nc1ccc(C)cc1C. The van der Waals surface area contributed by atoms with Gasteiger partial charge in [-0.15, -0.1) is 0 Å². The minimum absolute atomic E-state index is 0.145. The number of carbonyl (C=O) groups excluding carboxylic acids is 1. The number of anilines is 1. The quantitative estimate of drug-likeness (QED) is 0.886. The lowest BCUT2D eigenvalue weighted by atomic mass is 10.1. The van der Waals surface area contributed by atoms with Gasteiger partial charge < -0.3 is 10.1 Å². The van der Waals surface area contributed by atoms with Crippen molar-refractivity contribution in [3.8, 4) is 5.75 Å². The van der Waals surface area contributed by atoms with Crippen molar-refractivity contribution in [1.29, 1.82) is 0 Å². The Morgan fingerprint density at radius 3 is 2.62 bits per heavy atom. The van der Waals surface area contributed by atoms with Crippen molar-refractivity contribution >= 4 is 11.6 Å². The predicted octanol–water partition coefficient (Wildman–Crippen LogP) is 4.34. The van der Waals surface area contributed by atoms with Crippen LogP contribution in [0.3, 0.4) is 0 Å². The van der Waals surface area contributed by atoms with E-state index in [1.165, 1.54) is 5.56 Å². The van der Waals surface area contributed by atoms with Crippen LogP contribution in [0.4, 0.5) is 5.69 Å². The summed E-state index contributed by atoms with van der Waals surface area (Å²) in [5.74, 6) is 0.482. The average molecular weight is 283 g/mol. The molecule has 0 aromatic heterocycles. The first kappa shape index (κ1) is 15.1. The monoisotopic (exact) mass is 283 g/mol. The molecule has 0 saturated heterocycles. The molecule has 3 heteroatoms. The fourth-order valence-electron chi connectivity index (χ4n) is 2.14. The molecular formula is C18H21NO2. The third-order valence-electron chi connectivity index (χ3n) is 3.22. The molecule has 110 valence electrons. The van der Waals surface area contributed by atoms with Gasteiger partial charge in [0.15, 0.2) is 0 Å². The number of carbonyl (C=O) groups is 1. The lowest BCUT2D eigenvalue weighted by Crippen LogP contribution is -2.14. The fraction of sp³-hybridized carbons (Fsp3) is 0.278. The van der Waals surface area contributed by atoms with Gasteiger partial charge in [0.05, 0.1) is 12.2 Å². The van der Waals surface area contributed by atoms with Gasteiger partial charge >= 0.3 is 0 Å². The highest BCUT2D eigenvalue weighted by atomic mass is 16.5. The molecule has 2 rings (SSSR count). The van der Waals surface area contributed by atoms with Crippen LogP contribution in [0.1, 0.15) is 34.8 Å². The highest BCUT2D eigenvalue weighted by Crippen LogP contribution is 2.22. The molecule has 0 bridgehead atoms.